The minimum atomic E-state index is 0.967. The molecule has 1 aromatic heterocycles. The van der Waals surface area contributed by atoms with E-state index < -0.39 is 0 Å². The molecule has 0 radical (unpaired) electrons. The van der Waals surface area contributed by atoms with Crippen molar-refractivity contribution in [3.8, 4) is 0 Å². The summed E-state index contributed by atoms with van der Waals surface area (Å²) in [4.78, 5) is 6.61. The highest BCUT2D eigenvalue weighted by Crippen LogP contribution is 2.22. The number of benzene rings is 2. The maximum absolute atomic E-state index is 4.53. The van der Waals surface area contributed by atoms with Crippen LogP contribution in [0.2, 0.25) is 0 Å². The topological polar surface area (TPSA) is 40.5 Å². The lowest BCUT2D eigenvalue weighted by Gasteiger charge is -2.11. The van der Waals surface area contributed by atoms with Crippen LogP contribution in [0.15, 0.2) is 59.7 Å². The van der Waals surface area contributed by atoms with Crippen LogP contribution < -0.4 is 10.3 Å². The Morgan fingerprint density at radius 1 is 1.04 bits per heavy atom. The molecule has 0 aliphatic carbocycles. The van der Waals surface area contributed by atoms with E-state index in [0.29, 0.717) is 0 Å². The van der Waals surface area contributed by atoms with Crippen molar-refractivity contribution in [2.45, 2.75) is 6.92 Å². The molecular weight excluding hydrogens is 284 g/mol. The number of hydrazone groups is 1. The van der Waals surface area contributed by atoms with E-state index in [9.17, 15) is 0 Å². The number of nitrogens with one attached hydrogen (secondary N) is 1. The highest BCUT2D eigenvalue weighted by molar-refractivity contribution is 5.92. The molecular formula is C19H20N4. The summed E-state index contributed by atoms with van der Waals surface area (Å²) in [5.74, 6) is 0. The molecule has 0 unspecified atom stereocenters. The van der Waals surface area contributed by atoms with Gasteiger partial charge in [0.2, 0.25) is 0 Å². The van der Waals surface area contributed by atoms with Crippen molar-refractivity contribution < 1.29 is 0 Å². The first-order valence-corrected chi connectivity index (χ1v) is 7.56. The van der Waals surface area contributed by atoms with Gasteiger partial charge in [-0.3, -0.25) is 10.4 Å². The second-order valence-corrected chi connectivity index (χ2v) is 5.68. The summed E-state index contributed by atoms with van der Waals surface area (Å²) in [6.07, 6.45) is 1.82. The summed E-state index contributed by atoms with van der Waals surface area (Å²) in [6, 6.07) is 18.3. The molecule has 0 saturated carbocycles. The zero-order valence-electron chi connectivity index (χ0n) is 13.6. The number of nitrogens with zero attached hydrogens (tertiary/aromatic N) is 3. The third-order valence-electron chi connectivity index (χ3n) is 3.65. The van der Waals surface area contributed by atoms with Crippen LogP contribution in [0.4, 0.5) is 11.4 Å². The molecule has 0 amide bonds. The summed E-state index contributed by atoms with van der Waals surface area (Å²) in [6.45, 7) is 1.99. The van der Waals surface area contributed by atoms with Crippen molar-refractivity contribution in [1.29, 1.82) is 0 Å². The van der Waals surface area contributed by atoms with E-state index >= 15 is 0 Å². The monoisotopic (exact) mass is 304 g/mol. The lowest BCUT2D eigenvalue weighted by atomic mass is 10.1. The van der Waals surface area contributed by atoms with Crippen LogP contribution in [-0.4, -0.2) is 25.3 Å². The number of aromatic nitrogens is 1. The summed E-state index contributed by atoms with van der Waals surface area (Å²) in [5.41, 5.74) is 8.27. The Labute approximate surface area is 136 Å². The van der Waals surface area contributed by atoms with Crippen molar-refractivity contribution in [3.63, 3.8) is 0 Å². The smallest absolute Gasteiger partial charge is 0.0726 e. The van der Waals surface area contributed by atoms with Crippen LogP contribution >= 0.6 is 0 Å². The van der Waals surface area contributed by atoms with Crippen LogP contribution in [0.25, 0.3) is 10.9 Å². The van der Waals surface area contributed by atoms with Crippen LogP contribution in [0.3, 0.4) is 0 Å². The molecule has 4 heteroatoms. The van der Waals surface area contributed by atoms with Crippen LogP contribution in [0.5, 0.6) is 0 Å². The lowest BCUT2D eigenvalue weighted by molar-refractivity contribution is 1.13. The normalized spacial score (nSPS) is 11.1. The molecule has 1 N–H and O–H groups in total. The Balaban J connectivity index is 1.80. The Bertz CT molecular complexity index is 836. The molecule has 0 spiro atoms. The van der Waals surface area contributed by atoms with Gasteiger partial charge in [-0.05, 0) is 36.8 Å². The van der Waals surface area contributed by atoms with Gasteiger partial charge in [-0.15, -0.1) is 0 Å². The van der Waals surface area contributed by atoms with Gasteiger partial charge in [0.05, 0.1) is 17.4 Å². The number of hydrogen-bond acceptors (Lipinski definition) is 4. The molecule has 0 saturated heterocycles. The molecule has 2 aromatic carbocycles. The van der Waals surface area contributed by atoms with Gasteiger partial charge in [0, 0.05) is 30.9 Å². The predicted molar refractivity (Wildman–Crippen MR) is 98.5 cm³/mol. The van der Waals surface area contributed by atoms with Gasteiger partial charge in [-0.1, -0.05) is 30.3 Å². The molecule has 4 nitrogen and oxygen atoms in total. The molecule has 0 aliphatic rings. The van der Waals surface area contributed by atoms with E-state index in [0.717, 1.165) is 27.8 Å². The molecule has 0 fully saturated rings. The zero-order chi connectivity index (χ0) is 16.2. The molecule has 0 aliphatic heterocycles. The van der Waals surface area contributed by atoms with Crippen molar-refractivity contribution >= 4 is 28.5 Å². The van der Waals surface area contributed by atoms with Crippen molar-refractivity contribution in [1.82, 2.24) is 4.98 Å². The fourth-order valence-corrected chi connectivity index (χ4v) is 2.44. The Kier molecular flexibility index (Phi) is 4.24. The van der Waals surface area contributed by atoms with Gasteiger partial charge >= 0.3 is 0 Å². The fraction of sp³-hybridized carbons (Fsp3) is 0.158. The minimum absolute atomic E-state index is 0.967. The highest BCUT2D eigenvalue weighted by atomic mass is 15.3. The van der Waals surface area contributed by atoms with E-state index in [1.165, 1.54) is 5.69 Å². The summed E-state index contributed by atoms with van der Waals surface area (Å²) < 4.78 is 0. The van der Waals surface area contributed by atoms with E-state index in [4.69, 9.17) is 0 Å². The predicted octanol–water partition coefficient (Wildman–Crippen LogP) is 4.06. The van der Waals surface area contributed by atoms with Gasteiger partial charge < -0.3 is 4.90 Å². The van der Waals surface area contributed by atoms with Crippen molar-refractivity contribution in [3.05, 3.63) is 65.9 Å². The summed E-state index contributed by atoms with van der Waals surface area (Å²) in [5, 5.41) is 5.43. The zero-order valence-corrected chi connectivity index (χ0v) is 13.6. The first-order valence-electron chi connectivity index (χ1n) is 7.56. The highest BCUT2D eigenvalue weighted by Gasteiger charge is 2.02. The maximum atomic E-state index is 4.53. The molecule has 116 valence electrons. The van der Waals surface area contributed by atoms with E-state index in [2.05, 4.69) is 44.7 Å². The fourth-order valence-electron chi connectivity index (χ4n) is 2.44. The van der Waals surface area contributed by atoms with Gasteiger partial charge in [0.1, 0.15) is 0 Å². The van der Waals surface area contributed by atoms with Gasteiger partial charge in [0.15, 0.2) is 0 Å². The molecule has 0 atom stereocenters. The molecule has 1 heterocycles. The van der Waals surface area contributed by atoms with E-state index in [1.54, 1.807) is 0 Å². The number of rotatable bonds is 4. The standard InChI is InChI=1S/C19H20N4/c1-14-12-19(17-6-4-5-7-18(17)21-14)22-20-13-15-8-10-16(11-9-15)23(2)3/h4-13H,1-3H3,(H,21,22). The number of aryl methyl sites for hydroxylation is 1. The lowest BCUT2D eigenvalue weighted by Crippen LogP contribution is -2.08. The summed E-state index contributed by atoms with van der Waals surface area (Å²) >= 11 is 0. The molecule has 23 heavy (non-hydrogen) atoms. The Hall–Kier alpha value is -2.88. The van der Waals surface area contributed by atoms with Crippen LogP contribution in [0.1, 0.15) is 11.3 Å². The molecule has 0 bridgehead atoms. The molecule has 3 aromatic rings. The second kappa shape index (κ2) is 6.48. The second-order valence-electron chi connectivity index (χ2n) is 5.68. The van der Waals surface area contributed by atoms with E-state index in [-0.39, 0.29) is 0 Å². The molecule has 3 rings (SSSR count). The van der Waals surface area contributed by atoms with Gasteiger partial charge in [0.25, 0.3) is 0 Å². The van der Waals surface area contributed by atoms with Crippen molar-refractivity contribution in [2.75, 3.05) is 24.4 Å². The number of hydrogen-bond donors (Lipinski definition) is 1. The van der Waals surface area contributed by atoms with Crippen LogP contribution in [-0.2, 0) is 0 Å². The Morgan fingerprint density at radius 2 is 1.78 bits per heavy atom. The van der Waals surface area contributed by atoms with Gasteiger partial charge in [-0.2, -0.15) is 5.10 Å². The number of anilines is 2. The average molecular weight is 304 g/mol. The number of fused-ring (bicyclic) bond motifs is 1. The average Bonchev–Trinajstić information content (AvgIpc) is 2.55. The largest absolute Gasteiger partial charge is 0.378 e. The quantitative estimate of drug-likeness (QED) is 0.584. The third-order valence-corrected chi connectivity index (χ3v) is 3.65. The maximum Gasteiger partial charge on any atom is 0.0726 e. The first kappa shape index (κ1) is 15.0. The van der Waals surface area contributed by atoms with Crippen LogP contribution in [0, 0.1) is 6.92 Å². The summed E-state index contributed by atoms with van der Waals surface area (Å²) in [7, 11) is 4.06. The first-order chi connectivity index (χ1) is 11.1. The van der Waals surface area contributed by atoms with Crippen molar-refractivity contribution in [2.24, 2.45) is 5.10 Å². The third kappa shape index (κ3) is 3.48. The number of para-hydroxylation sites is 1. The van der Waals surface area contributed by atoms with Gasteiger partial charge in [-0.25, -0.2) is 0 Å². The SMILES string of the molecule is Cc1cc(NN=Cc2ccc(N(C)C)cc2)c2ccccc2n1. The minimum Gasteiger partial charge on any atom is -0.378 e. The van der Waals surface area contributed by atoms with E-state index in [1.807, 2.05) is 57.6 Å². The number of pyridine rings is 1. The Morgan fingerprint density at radius 3 is 2.52 bits per heavy atom.